The fourth-order valence-corrected chi connectivity index (χ4v) is 2.79. The molecule has 2 heterocycles. The van der Waals surface area contributed by atoms with Crippen molar-refractivity contribution in [1.82, 2.24) is 20.2 Å². The number of carbonyl (C=O) groups excluding carboxylic acids is 2. The molecule has 144 valence electrons. The van der Waals surface area contributed by atoms with Gasteiger partial charge in [-0.1, -0.05) is 18.2 Å². The van der Waals surface area contributed by atoms with Crippen molar-refractivity contribution in [2.24, 2.45) is 0 Å². The predicted molar refractivity (Wildman–Crippen MR) is 109 cm³/mol. The molecule has 0 fully saturated rings. The highest BCUT2D eigenvalue weighted by molar-refractivity contribution is 6.08. The number of nitrogens with zero attached hydrogens (tertiary/aromatic N) is 3. The molecular formula is C21H23N5O2. The predicted octanol–water partition coefficient (Wildman–Crippen LogP) is 2.56. The number of fused-ring (bicyclic) bond motifs is 1. The van der Waals surface area contributed by atoms with Crippen molar-refractivity contribution in [2.45, 2.75) is 6.42 Å². The normalized spacial score (nSPS) is 10.8. The van der Waals surface area contributed by atoms with Crippen molar-refractivity contribution < 1.29 is 9.59 Å². The van der Waals surface area contributed by atoms with Crippen molar-refractivity contribution in [2.75, 3.05) is 32.5 Å². The van der Waals surface area contributed by atoms with Gasteiger partial charge in [0.2, 0.25) is 0 Å². The zero-order valence-electron chi connectivity index (χ0n) is 16.0. The van der Waals surface area contributed by atoms with Crippen molar-refractivity contribution in [1.29, 1.82) is 0 Å². The lowest BCUT2D eigenvalue weighted by Crippen LogP contribution is -2.27. The molecule has 0 bridgehead atoms. The van der Waals surface area contributed by atoms with Gasteiger partial charge in [0, 0.05) is 29.9 Å². The first-order valence-corrected chi connectivity index (χ1v) is 9.08. The summed E-state index contributed by atoms with van der Waals surface area (Å²) in [5, 5.41) is 6.62. The summed E-state index contributed by atoms with van der Waals surface area (Å²) in [7, 11) is 3.97. The van der Waals surface area contributed by atoms with Crippen LogP contribution in [-0.4, -0.2) is 53.9 Å². The Labute approximate surface area is 163 Å². The lowest BCUT2D eigenvalue weighted by atomic mass is 10.1. The fraction of sp³-hybridized carbons (Fsp3) is 0.238. The van der Waals surface area contributed by atoms with Crippen LogP contribution in [0.5, 0.6) is 0 Å². The molecule has 0 spiro atoms. The Balaban J connectivity index is 1.69. The molecule has 0 unspecified atom stereocenters. The molecular weight excluding hydrogens is 354 g/mol. The quantitative estimate of drug-likeness (QED) is 0.618. The average Bonchev–Trinajstić information content (AvgIpc) is 2.71. The zero-order valence-corrected chi connectivity index (χ0v) is 16.0. The van der Waals surface area contributed by atoms with E-state index in [2.05, 4.69) is 25.5 Å². The minimum Gasteiger partial charge on any atom is -0.352 e. The third-order valence-corrected chi connectivity index (χ3v) is 4.20. The zero-order chi connectivity index (χ0) is 19.9. The maximum Gasteiger partial charge on any atom is 0.274 e. The second kappa shape index (κ2) is 9.05. The first-order chi connectivity index (χ1) is 13.5. The Bertz CT molecular complexity index is 982. The maximum atomic E-state index is 12.6. The van der Waals surface area contributed by atoms with Crippen LogP contribution in [0, 0.1) is 0 Å². The number of carbonyl (C=O) groups is 2. The number of benzene rings is 1. The molecule has 0 saturated carbocycles. The van der Waals surface area contributed by atoms with Crippen molar-refractivity contribution in [3.05, 3.63) is 66.1 Å². The molecule has 2 N–H and O–H groups in total. The summed E-state index contributed by atoms with van der Waals surface area (Å²) in [6.07, 6.45) is 3.99. The molecule has 7 nitrogen and oxygen atoms in total. The van der Waals surface area contributed by atoms with Gasteiger partial charge in [0.15, 0.2) is 0 Å². The molecule has 3 rings (SSSR count). The minimum absolute atomic E-state index is 0.175. The van der Waals surface area contributed by atoms with Gasteiger partial charge in [-0.15, -0.1) is 0 Å². The van der Waals surface area contributed by atoms with E-state index in [4.69, 9.17) is 0 Å². The van der Waals surface area contributed by atoms with Gasteiger partial charge >= 0.3 is 0 Å². The average molecular weight is 377 g/mol. The van der Waals surface area contributed by atoms with Gasteiger partial charge in [-0.2, -0.15) is 0 Å². The van der Waals surface area contributed by atoms with E-state index in [1.54, 1.807) is 18.3 Å². The summed E-state index contributed by atoms with van der Waals surface area (Å²) < 4.78 is 0. The van der Waals surface area contributed by atoms with E-state index in [0.29, 0.717) is 23.3 Å². The lowest BCUT2D eigenvalue weighted by Gasteiger charge is -2.10. The number of para-hydroxylation sites is 1. The van der Waals surface area contributed by atoms with E-state index in [-0.39, 0.29) is 17.5 Å². The lowest BCUT2D eigenvalue weighted by molar-refractivity contribution is 0.0952. The van der Waals surface area contributed by atoms with Crippen LogP contribution >= 0.6 is 0 Å². The van der Waals surface area contributed by atoms with Crippen LogP contribution in [0.25, 0.3) is 10.9 Å². The number of hydrogen-bond donors (Lipinski definition) is 2. The third kappa shape index (κ3) is 4.89. The first kappa shape index (κ1) is 19.4. The Kier molecular flexibility index (Phi) is 6.29. The summed E-state index contributed by atoms with van der Waals surface area (Å²) in [6.45, 7) is 1.46. The molecule has 0 atom stereocenters. The smallest absolute Gasteiger partial charge is 0.274 e. The van der Waals surface area contributed by atoms with E-state index in [9.17, 15) is 9.59 Å². The van der Waals surface area contributed by atoms with Gasteiger partial charge in [-0.25, -0.2) is 0 Å². The Morgan fingerprint density at radius 2 is 1.82 bits per heavy atom. The van der Waals surface area contributed by atoms with Gasteiger partial charge in [0.05, 0.1) is 11.2 Å². The molecule has 0 aliphatic rings. The van der Waals surface area contributed by atoms with Crippen molar-refractivity contribution >= 4 is 28.4 Å². The maximum absolute atomic E-state index is 12.6. The van der Waals surface area contributed by atoms with Crippen LogP contribution < -0.4 is 10.6 Å². The van der Waals surface area contributed by atoms with E-state index in [1.165, 1.54) is 12.3 Å². The molecule has 0 aliphatic heterocycles. The van der Waals surface area contributed by atoms with Crippen LogP contribution in [0.2, 0.25) is 0 Å². The van der Waals surface area contributed by atoms with E-state index >= 15 is 0 Å². The molecule has 0 saturated heterocycles. The van der Waals surface area contributed by atoms with Gasteiger partial charge in [0.1, 0.15) is 5.69 Å². The largest absolute Gasteiger partial charge is 0.352 e. The number of anilines is 1. The number of amides is 2. The summed E-state index contributed by atoms with van der Waals surface area (Å²) in [5.74, 6) is -0.609. The van der Waals surface area contributed by atoms with Crippen LogP contribution in [0.3, 0.4) is 0 Å². The third-order valence-electron chi connectivity index (χ3n) is 4.20. The van der Waals surface area contributed by atoms with Crippen molar-refractivity contribution in [3.63, 3.8) is 0 Å². The first-order valence-electron chi connectivity index (χ1n) is 9.08. The SMILES string of the molecule is CN(C)CCCNC(=O)c1ccnc(C(=O)Nc2cccc3cccnc23)c1. The number of aromatic nitrogens is 2. The van der Waals surface area contributed by atoms with Gasteiger partial charge in [0.25, 0.3) is 11.8 Å². The summed E-state index contributed by atoms with van der Waals surface area (Å²) in [4.78, 5) is 35.4. The second-order valence-electron chi connectivity index (χ2n) is 6.68. The summed E-state index contributed by atoms with van der Waals surface area (Å²) in [6, 6.07) is 12.4. The van der Waals surface area contributed by atoms with Crippen LogP contribution in [-0.2, 0) is 0 Å². The van der Waals surface area contributed by atoms with E-state index in [0.717, 1.165) is 18.4 Å². The van der Waals surface area contributed by atoms with Crippen LogP contribution in [0.15, 0.2) is 54.9 Å². The molecule has 2 amide bonds. The summed E-state index contributed by atoms with van der Waals surface area (Å²) in [5.41, 5.74) is 1.88. The van der Waals surface area contributed by atoms with Crippen LogP contribution in [0.4, 0.5) is 5.69 Å². The Morgan fingerprint density at radius 1 is 1.00 bits per heavy atom. The minimum atomic E-state index is -0.389. The molecule has 1 aromatic carbocycles. The highest BCUT2D eigenvalue weighted by atomic mass is 16.2. The molecule has 7 heteroatoms. The Morgan fingerprint density at radius 3 is 2.64 bits per heavy atom. The highest BCUT2D eigenvalue weighted by Crippen LogP contribution is 2.21. The molecule has 3 aromatic rings. The second-order valence-corrected chi connectivity index (χ2v) is 6.68. The highest BCUT2D eigenvalue weighted by Gasteiger charge is 2.13. The number of pyridine rings is 2. The molecule has 0 aliphatic carbocycles. The van der Waals surface area contributed by atoms with E-state index < -0.39 is 0 Å². The molecule has 0 radical (unpaired) electrons. The number of nitrogens with one attached hydrogen (secondary N) is 2. The standard InChI is InChI=1S/C21H23N5O2/c1-26(2)13-5-11-24-20(27)16-9-12-22-18(14-16)21(28)25-17-8-3-6-15-7-4-10-23-19(15)17/h3-4,6-10,12,14H,5,11,13H2,1-2H3,(H,24,27)(H,25,28). The molecule has 2 aromatic heterocycles. The Hall–Kier alpha value is -3.32. The summed E-state index contributed by atoms with van der Waals surface area (Å²) >= 11 is 0. The van der Waals surface area contributed by atoms with Gasteiger partial charge in [-0.3, -0.25) is 19.6 Å². The van der Waals surface area contributed by atoms with E-state index in [1.807, 2.05) is 38.4 Å². The molecule has 28 heavy (non-hydrogen) atoms. The van der Waals surface area contributed by atoms with Gasteiger partial charge in [-0.05, 0) is 51.3 Å². The van der Waals surface area contributed by atoms with Crippen LogP contribution in [0.1, 0.15) is 27.3 Å². The van der Waals surface area contributed by atoms with Crippen molar-refractivity contribution in [3.8, 4) is 0 Å². The van der Waals surface area contributed by atoms with Gasteiger partial charge < -0.3 is 15.5 Å². The number of hydrogen-bond acceptors (Lipinski definition) is 5. The monoisotopic (exact) mass is 377 g/mol. The number of rotatable bonds is 7. The topological polar surface area (TPSA) is 87.2 Å². The fourth-order valence-electron chi connectivity index (χ4n) is 2.79.